The summed E-state index contributed by atoms with van der Waals surface area (Å²) in [6.07, 6.45) is 3.08. The number of hydrogen-bond donors (Lipinski definition) is 2. The third-order valence-corrected chi connectivity index (χ3v) is 1.96. The quantitative estimate of drug-likeness (QED) is 0.831. The standard InChI is InChI=1S/C11H9N3O3/c12-8-3-4-9(11(15)16)14-10(8)17-7-2-1-5-13-6-7/h1-6H,12H2,(H,15,16). The van der Waals surface area contributed by atoms with Crippen LogP contribution in [0.2, 0.25) is 0 Å². The number of nitrogens with two attached hydrogens (primary N) is 1. The van der Waals surface area contributed by atoms with Gasteiger partial charge in [-0.05, 0) is 24.3 Å². The van der Waals surface area contributed by atoms with Crippen LogP contribution in [0, 0.1) is 0 Å². The van der Waals surface area contributed by atoms with Gasteiger partial charge in [0.2, 0.25) is 5.88 Å². The molecule has 2 aromatic rings. The van der Waals surface area contributed by atoms with Crippen molar-refractivity contribution in [2.75, 3.05) is 5.73 Å². The number of carboxylic acid groups (broad SMARTS) is 1. The van der Waals surface area contributed by atoms with E-state index in [1.54, 1.807) is 18.3 Å². The summed E-state index contributed by atoms with van der Waals surface area (Å²) >= 11 is 0. The molecule has 2 rings (SSSR count). The van der Waals surface area contributed by atoms with Crippen LogP contribution in [0.4, 0.5) is 5.69 Å². The summed E-state index contributed by atoms with van der Waals surface area (Å²) in [6.45, 7) is 0. The molecule has 0 aliphatic rings. The minimum Gasteiger partial charge on any atom is -0.477 e. The highest BCUT2D eigenvalue weighted by Gasteiger charge is 2.10. The summed E-state index contributed by atoms with van der Waals surface area (Å²) in [6, 6.07) is 6.10. The number of nitrogen functional groups attached to an aromatic ring is 1. The van der Waals surface area contributed by atoms with E-state index in [0.29, 0.717) is 5.75 Å². The Labute approximate surface area is 96.7 Å². The molecule has 3 N–H and O–H groups in total. The highest BCUT2D eigenvalue weighted by molar-refractivity contribution is 5.86. The lowest BCUT2D eigenvalue weighted by molar-refractivity contribution is 0.0689. The summed E-state index contributed by atoms with van der Waals surface area (Å²) < 4.78 is 5.34. The molecule has 0 radical (unpaired) electrons. The van der Waals surface area contributed by atoms with Crippen LogP contribution in [0.25, 0.3) is 0 Å². The molecule has 2 heterocycles. The van der Waals surface area contributed by atoms with Gasteiger partial charge in [0.25, 0.3) is 0 Å². The van der Waals surface area contributed by atoms with Gasteiger partial charge in [-0.15, -0.1) is 0 Å². The molecule has 0 saturated heterocycles. The van der Waals surface area contributed by atoms with Crippen molar-refractivity contribution in [1.82, 2.24) is 9.97 Å². The lowest BCUT2D eigenvalue weighted by Crippen LogP contribution is -2.03. The van der Waals surface area contributed by atoms with Gasteiger partial charge in [0, 0.05) is 6.20 Å². The van der Waals surface area contributed by atoms with Crippen LogP contribution in [-0.4, -0.2) is 21.0 Å². The van der Waals surface area contributed by atoms with Crippen molar-refractivity contribution < 1.29 is 14.6 Å². The number of nitrogens with zero attached hydrogens (tertiary/aromatic N) is 2. The van der Waals surface area contributed by atoms with Crippen LogP contribution < -0.4 is 10.5 Å². The van der Waals surface area contributed by atoms with Crippen LogP contribution in [0.5, 0.6) is 11.6 Å². The SMILES string of the molecule is Nc1ccc(C(=O)O)nc1Oc1cccnc1. The average molecular weight is 231 g/mol. The number of aromatic carboxylic acids is 1. The Hall–Kier alpha value is -2.63. The normalized spacial score (nSPS) is 9.88. The Morgan fingerprint density at radius 1 is 1.35 bits per heavy atom. The van der Waals surface area contributed by atoms with E-state index in [2.05, 4.69) is 9.97 Å². The summed E-state index contributed by atoms with van der Waals surface area (Å²) in [5.74, 6) is -0.645. The second-order valence-corrected chi connectivity index (χ2v) is 3.19. The lowest BCUT2D eigenvalue weighted by atomic mass is 10.3. The fraction of sp³-hybridized carbons (Fsp3) is 0. The first-order valence-electron chi connectivity index (χ1n) is 4.74. The topological polar surface area (TPSA) is 98.3 Å². The zero-order valence-corrected chi connectivity index (χ0v) is 8.70. The number of carboxylic acids is 1. The lowest BCUT2D eigenvalue weighted by Gasteiger charge is -2.07. The Morgan fingerprint density at radius 3 is 2.82 bits per heavy atom. The molecule has 86 valence electrons. The molecule has 17 heavy (non-hydrogen) atoms. The number of carbonyl (C=O) groups is 1. The van der Waals surface area contributed by atoms with E-state index >= 15 is 0 Å². The average Bonchev–Trinajstić information content (AvgIpc) is 2.33. The Bertz CT molecular complexity index is 543. The van der Waals surface area contributed by atoms with Gasteiger partial charge in [-0.25, -0.2) is 9.78 Å². The monoisotopic (exact) mass is 231 g/mol. The molecule has 0 amide bonds. The van der Waals surface area contributed by atoms with Crippen molar-refractivity contribution in [2.24, 2.45) is 0 Å². The molecule has 2 aromatic heterocycles. The zero-order valence-electron chi connectivity index (χ0n) is 8.70. The van der Waals surface area contributed by atoms with Gasteiger partial charge >= 0.3 is 5.97 Å². The van der Waals surface area contributed by atoms with Gasteiger partial charge in [0.1, 0.15) is 5.75 Å². The van der Waals surface area contributed by atoms with Crippen LogP contribution >= 0.6 is 0 Å². The number of rotatable bonds is 3. The maximum absolute atomic E-state index is 10.7. The van der Waals surface area contributed by atoms with E-state index in [-0.39, 0.29) is 17.3 Å². The smallest absolute Gasteiger partial charge is 0.354 e. The van der Waals surface area contributed by atoms with E-state index < -0.39 is 5.97 Å². The van der Waals surface area contributed by atoms with Gasteiger partial charge in [-0.3, -0.25) is 4.98 Å². The molecule has 0 saturated carbocycles. The predicted octanol–water partition coefficient (Wildman–Crippen LogP) is 1.55. The Kier molecular flexibility index (Phi) is 2.87. The largest absolute Gasteiger partial charge is 0.477 e. The third kappa shape index (κ3) is 2.49. The first-order chi connectivity index (χ1) is 8.16. The van der Waals surface area contributed by atoms with E-state index in [9.17, 15) is 4.79 Å². The maximum atomic E-state index is 10.7. The molecule has 0 atom stereocenters. The minimum atomic E-state index is -1.14. The van der Waals surface area contributed by atoms with Gasteiger partial charge < -0.3 is 15.6 Å². The molecular formula is C11H9N3O3. The van der Waals surface area contributed by atoms with Gasteiger partial charge in [0.05, 0.1) is 11.9 Å². The fourth-order valence-electron chi connectivity index (χ4n) is 1.17. The minimum absolute atomic E-state index is 0.0536. The van der Waals surface area contributed by atoms with E-state index in [0.717, 1.165) is 0 Å². The molecule has 0 aromatic carbocycles. The van der Waals surface area contributed by atoms with Crippen molar-refractivity contribution in [3.63, 3.8) is 0 Å². The number of hydrogen-bond acceptors (Lipinski definition) is 5. The first kappa shape index (κ1) is 10.9. The van der Waals surface area contributed by atoms with E-state index in [1.807, 2.05) is 0 Å². The molecule has 0 spiro atoms. The molecule has 6 nitrogen and oxygen atoms in total. The van der Waals surface area contributed by atoms with Crippen molar-refractivity contribution in [3.05, 3.63) is 42.4 Å². The number of pyridine rings is 2. The van der Waals surface area contributed by atoms with Crippen molar-refractivity contribution in [3.8, 4) is 11.6 Å². The Morgan fingerprint density at radius 2 is 2.18 bits per heavy atom. The van der Waals surface area contributed by atoms with Crippen molar-refractivity contribution >= 4 is 11.7 Å². The van der Waals surface area contributed by atoms with Crippen molar-refractivity contribution in [2.45, 2.75) is 0 Å². The van der Waals surface area contributed by atoms with E-state index in [4.69, 9.17) is 15.6 Å². The molecule has 0 fully saturated rings. The molecule has 0 aliphatic carbocycles. The third-order valence-electron chi connectivity index (χ3n) is 1.96. The Balaban J connectivity index is 2.32. The van der Waals surface area contributed by atoms with E-state index in [1.165, 1.54) is 18.3 Å². The van der Waals surface area contributed by atoms with Gasteiger partial charge in [0.15, 0.2) is 5.69 Å². The molecule has 6 heteroatoms. The highest BCUT2D eigenvalue weighted by atomic mass is 16.5. The summed E-state index contributed by atoms with van der Waals surface area (Å²) in [5.41, 5.74) is 5.77. The zero-order chi connectivity index (χ0) is 12.3. The second-order valence-electron chi connectivity index (χ2n) is 3.19. The van der Waals surface area contributed by atoms with Crippen LogP contribution in [0.15, 0.2) is 36.7 Å². The molecular weight excluding hydrogens is 222 g/mol. The van der Waals surface area contributed by atoms with Crippen LogP contribution in [-0.2, 0) is 0 Å². The number of anilines is 1. The fourth-order valence-corrected chi connectivity index (χ4v) is 1.17. The molecule has 0 bridgehead atoms. The van der Waals surface area contributed by atoms with Crippen LogP contribution in [0.3, 0.4) is 0 Å². The maximum Gasteiger partial charge on any atom is 0.354 e. The van der Waals surface area contributed by atoms with Gasteiger partial charge in [-0.1, -0.05) is 0 Å². The highest BCUT2D eigenvalue weighted by Crippen LogP contribution is 2.24. The van der Waals surface area contributed by atoms with Crippen LogP contribution in [0.1, 0.15) is 10.5 Å². The number of ether oxygens (including phenoxy) is 1. The first-order valence-corrected chi connectivity index (χ1v) is 4.74. The summed E-state index contributed by atoms with van der Waals surface area (Å²) in [5, 5.41) is 8.80. The predicted molar refractivity (Wildman–Crippen MR) is 59.9 cm³/mol. The van der Waals surface area contributed by atoms with Gasteiger partial charge in [-0.2, -0.15) is 0 Å². The summed E-state index contributed by atoms with van der Waals surface area (Å²) in [7, 11) is 0. The molecule has 0 unspecified atom stereocenters. The number of aromatic nitrogens is 2. The van der Waals surface area contributed by atoms with Crippen molar-refractivity contribution in [1.29, 1.82) is 0 Å². The second kappa shape index (κ2) is 4.48. The summed E-state index contributed by atoms with van der Waals surface area (Å²) in [4.78, 5) is 18.4. The molecule has 0 aliphatic heterocycles.